The van der Waals surface area contributed by atoms with Crippen LogP contribution in [0, 0.1) is 0 Å². The van der Waals surface area contributed by atoms with Crippen LogP contribution in [0.25, 0.3) is 6.08 Å². The molecule has 0 saturated carbocycles. The molecule has 3 amide bonds. The molecule has 2 fully saturated rings. The zero-order valence-corrected chi connectivity index (χ0v) is 25.3. The zero-order valence-electron chi connectivity index (χ0n) is 24.4. The van der Waals surface area contributed by atoms with E-state index >= 15 is 0 Å². The highest BCUT2D eigenvalue weighted by atomic mass is 32.2. The van der Waals surface area contributed by atoms with Gasteiger partial charge in [-0.2, -0.15) is 0 Å². The van der Waals surface area contributed by atoms with Gasteiger partial charge < -0.3 is 45.8 Å². The van der Waals surface area contributed by atoms with Crippen LogP contribution in [-0.2, 0) is 37.3 Å². The molecule has 246 valence electrons. The van der Waals surface area contributed by atoms with Gasteiger partial charge in [-0.25, -0.2) is 18.0 Å². The molecule has 3 heterocycles. The van der Waals surface area contributed by atoms with Crippen molar-refractivity contribution in [1.29, 1.82) is 0 Å². The van der Waals surface area contributed by atoms with Gasteiger partial charge in [0.2, 0.25) is 0 Å². The summed E-state index contributed by atoms with van der Waals surface area (Å²) in [5.74, 6) is -4.57. The Kier molecular flexibility index (Phi) is 8.42. The van der Waals surface area contributed by atoms with Crippen molar-refractivity contribution in [3.05, 3.63) is 82.7 Å². The lowest BCUT2D eigenvalue weighted by Crippen LogP contribution is -2.59. The number of sulfone groups is 1. The number of carboxylic acid groups (broad SMARTS) is 1. The summed E-state index contributed by atoms with van der Waals surface area (Å²) in [6, 6.07) is 8.59. The van der Waals surface area contributed by atoms with E-state index < -0.39 is 62.2 Å². The van der Waals surface area contributed by atoms with Gasteiger partial charge in [0.25, 0.3) is 11.8 Å². The van der Waals surface area contributed by atoms with E-state index in [1.54, 1.807) is 0 Å². The number of hydrogen-bond acceptors (Lipinski definition) is 12. The molecule has 1 aromatic heterocycles. The number of nitrogens with one attached hydrogen (secondary N) is 2. The summed E-state index contributed by atoms with van der Waals surface area (Å²) in [6.07, 6.45) is 1.30. The van der Waals surface area contributed by atoms with E-state index in [4.69, 9.17) is 4.74 Å². The first-order valence-electron chi connectivity index (χ1n) is 13.8. The number of carbonyl (C=O) groups excluding carboxylic acids is 3. The first kappa shape index (κ1) is 32.6. The molecule has 7 N–H and O–H groups in total. The number of rotatable bonds is 9. The summed E-state index contributed by atoms with van der Waals surface area (Å²) < 4.78 is 30.4. The first-order chi connectivity index (χ1) is 22.1. The molecule has 3 atom stereocenters. The summed E-state index contributed by atoms with van der Waals surface area (Å²) in [5.41, 5.74) is 0.711. The summed E-state index contributed by atoms with van der Waals surface area (Å²) in [5, 5.41) is 51.3. The standard InChI is InChI=1S/C30H28N4O12S/c1-30(14-46-29(43)33-13-16-3-5-21(36)23(38)9-16)24(28(41)42)34-26(40)19(27(34)47(30,44)45)11-18-10-17(6-7-31-18)25(39)32-12-15-2-4-20(35)22(37)8-15/h2-11,24,27,35-38H,12-14H2,1H3,(H,32,39)(H,33,43)(H,41,42)/b19-11-/t24-,27?,30-/m0/s1. The number of aromatic hydroxyl groups is 4. The fourth-order valence-corrected chi connectivity index (χ4v) is 7.58. The van der Waals surface area contributed by atoms with E-state index in [1.165, 1.54) is 54.7 Å². The third kappa shape index (κ3) is 5.95. The van der Waals surface area contributed by atoms with Gasteiger partial charge in [-0.15, -0.1) is 0 Å². The van der Waals surface area contributed by atoms with Crippen LogP contribution in [0.2, 0.25) is 0 Å². The number of pyridine rings is 1. The Hall–Kier alpha value is -5.84. The number of nitrogens with zero attached hydrogens (tertiary/aromatic N) is 2. The zero-order chi connectivity index (χ0) is 34.3. The molecule has 0 spiro atoms. The molecule has 0 bridgehead atoms. The van der Waals surface area contributed by atoms with Gasteiger partial charge in [-0.1, -0.05) is 12.1 Å². The Morgan fingerprint density at radius 1 is 0.936 bits per heavy atom. The summed E-state index contributed by atoms with van der Waals surface area (Å²) >= 11 is 0. The number of carbonyl (C=O) groups is 4. The maximum atomic E-state index is 13.8. The van der Waals surface area contributed by atoms with Gasteiger partial charge in [0, 0.05) is 24.8 Å². The average molecular weight is 669 g/mol. The molecule has 2 saturated heterocycles. The van der Waals surface area contributed by atoms with Crippen molar-refractivity contribution in [2.24, 2.45) is 0 Å². The Bertz CT molecular complexity index is 1950. The van der Waals surface area contributed by atoms with Crippen LogP contribution in [0.1, 0.15) is 34.1 Å². The molecule has 1 unspecified atom stereocenters. The third-order valence-corrected chi connectivity index (χ3v) is 10.6. The van der Waals surface area contributed by atoms with Crippen LogP contribution >= 0.6 is 0 Å². The van der Waals surface area contributed by atoms with Crippen LogP contribution in [0.5, 0.6) is 23.0 Å². The summed E-state index contributed by atoms with van der Waals surface area (Å²) in [7, 11) is -4.52. The number of phenolic OH excluding ortho intramolecular Hbond substituents is 4. The van der Waals surface area contributed by atoms with Gasteiger partial charge >= 0.3 is 12.1 Å². The quantitative estimate of drug-likeness (QED) is 0.0954. The minimum atomic E-state index is -4.52. The van der Waals surface area contributed by atoms with Gasteiger partial charge in [-0.05, 0) is 60.5 Å². The van der Waals surface area contributed by atoms with E-state index in [9.17, 15) is 53.1 Å². The number of aromatic nitrogens is 1. The topological polar surface area (TPSA) is 253 Å². The molecule has 16 nitrogen and oxygen atoms in total. The Balaban J connectivity index is 1.30. The van der Waals surface area contributed by atoms with Crippen molar-refractivity contribution in [3.63, 3.8) is 0 Å². The number of amides is 3. The molecule has 2 aliphatic rings. The molecular formula is C30H28N4O12S. The minimum absolute atomic E-state index is 0.00512. The Morgan fingerprint density at radius 2 is 1.53 bits per heavy atom. The molecular weight excluding hydrogens is 640 g/mol. The van der Waals surface area contributed by atoms with Gasteiger partial charge in [0.15, 0.2) is 44.3 Å². The molecule has 0 radical (unpaired) electrons. The molecule has 17 heteroatoms. The van der Waals surface area contributed by atoms with E-state index in [0.717, 1.165) is 13.0 Å². The first-order valence-corrected chi connectivity index (χ1v) is 15.4. The number of alkyl carbamates (subject to hydrolysis) is 1. The fraction of sp³-hybridized carbons (Fsp3) is 0.233. The van der Waals surface area contributed by atoms with Gasteiger partial charge in [-0.3, -0.25) is 14.6 Å². The number of benzene rings is 2. The monoisotopic (exact) mass is 668 g/mol. The predicted molar refractivity (Wildman–Crippen MR) is 160 cm³/mol. The normalized spacial score (nSPS) is 21.9. The van der Waals surface area contributed by atoms with Gasteiger partial charge in [0.05, 0.1) is 11.3 Å². The second-order valence-corrected chi connectivity index (χ2v) is 13.5. The summed E-state index contributed by atoms with van der Waals surface area (Å²) in [6.45, 7) is -0.0378. The number of phenols is 4. The number of carboxylic acids is 1. The second kappa shape index (κ2) is 12.2. The van der Waals surface area contributed by atoms with Crippen LogP contribution in [0.3, 0.4) is 0 Å². The van der Waals surface area contributed by atoms with Crippen LogP contribution in [-0.4, -0.2) is 90.5 Å². The summed E-state index contributed by atoms with van der Waals surface area (Å²) in [4.78, 5) is 55.3. The molecule has 2 aromatic carbocycles. The van der Waals surface area contributed by atoms with Crippen molar-refractivity contribution >= 4 is 39.8 Å². The third-order valence-electron chi connectivity index (χ3n) is 7.84. The highest BCUT2D eigenvalue weighted by molar-refractivity contribution is 7.94. The lowest BCUT2D eigenvalue weighted by Gasteiger charge is -2.37. The van der Waals surface area contributed by atoms with Crippen LogP contribution in [0.15, 0.2) is 60.3 Å². The van der Waals surface area contributed by atoms with Crippen molar-refractivity contribution in [1.82, 2.24) is 20.5 Å². The lowest BCUT2D eigenvalue weighted by atomic mass is 9.94. The van der Waals surface area contributed by atoms with E-state index in [2.05, 4.69) is 15.6 Å². The molecule has 2 aliphatic heterocycles. The molecule has 3 aromatic rings. The Morgan fingerprint density at radius 3 is 2.11 bits per heavy atom. The molecule has 0 aliphatic carbocycles. The van der Waals surface area contributed by atoms with Gasteiger partial charge in [0.1, 0.15) is 11.4 Å². The highest BCUT2D eigenvalue weighted by Crippen LogP contribution is 2.49. The average Bonchev–Trinajstić information content (AvgIpc) is 3.19. The van der Waals surface area contributed by atoms with Crippen molar-refractivity contribution in [2.45, 2.75) is 36.2 Å². The number of aliphatic carboxylic acids is 1. The second-order valence-electron chi connectivity index (χ2n) is 11.0. The minimum Gasteiger partial charge on any atom is -0.504 e. The number of hydrogen-bond donors (Lipinski definition) is 7. The highest BCUT2D eigenvalue weighted by Gasteiger charge is 2.72. The Labute approximate surface area is 266 Å². The fourth-order valence-electron chi connectivity index (χ4n) is 5.30. The maximum Gasteiger partial charge on any atom is 0.407 e. The SMILES string of the molecule is C[C@]1(COC(=O)NCc2ccc(O)c(O)c2)[C@H](C(=O)O)N2C(=O)/C(=C/c3cc(C(=O)NCc4ccc(O)c(O)c4)ccn3)C2S1(=O)=O. The molecule has 47 heavy (non-hydrogen) atoms. The van der Waals surface area contributed by atoms with Crippen molar-refractivity contribution in [3.8, 4) is 23.0 Å². The molecule has 5 rings (SSSR count). The number of β-lactam (4-membered cyclic amide) rings is 1. The predicted octanol–water partition coefficient (Wildman–Crippen LogP) is 0.952. The largest absolute Gasteiger partial charge is 0.504 e. The number of ether oxygens (including phenoxy) is 1. The van der Waals surface area contributed by atoms with Crippen molar-refractivity contribution < 1.29 is 57.9 Å². The van der Waals surface area contributed by atoms with E-state index in [1.807, 2.05) is 0 Å². The smallest absolute Gasteiger partial charge is 0.407 e. The van der Waals surface area contributed by atoms with Crippen LogP contribution in [0.4, 0.5) is 4.79 Å². The van der Waals surface area contributed by atoms with E-state index in [-0.39, 0.29) is 47.2 Å². The van der Waals surface area contributed by atoms with Crippen LogP contribution < -0.4 is 10.6 Å². The maximum absolute atomic E-state index is 13.8. The van der Waals surface area contributed by atoms with E-state index in [0.29, 0.717) is 16.0 Å². The van der Waals surface area contributed by atoms with Crippen molar-refractivity contribution in [2.75, 3.05) is 6.61 Å². The number of fused-ring (bicyclic) bond motifs is 1. The lowest BCUT2D eigenvalue weighted by molar-refractivity contribution is -0.153.